The second-order valence-electron chi connectivity index (χ2n) is 4.03. The van der Waals surface area contributed by atoms with Crippen molar-refractivity contribution >= 4 is 37.3 Å². The number of benzene rings is 1. The summed E-state index contributed by atoms with van der Waals surface area (Å²) in [7, 11) is -4.14. The lowest BCUT2D eigenvalue weighted by Gasteiger charge is -2.09. The van der Waals surface area contributed by atoms with Gasteiger partial charge in [-0.1, -0.05) is 0 Å². The van der Waals surface area contributed by atoms with Crippen LogP contribution in [0.15, 0.2) is 32.9 Å². The molecule has 0 saturated carbocycles. The van der Waals surface area contributed by atoms with Crippen LogP contribution in [-0.2, 0) is 23.2 Å². The summed E-state index contributed by atoms with van der Waals surface area (Å²) < 4.78 is 54.4. The van der Waals surface area contributed by atoms with Crippen LogP contribution < -0.4 is 4.72 Å². The van der Waals surface area contributed by atoms with Gasteiger partial charge in [-0.25, -0.2) is 21.9 Å². The molecule has 114 valence electrons. The highest BCUT2D eigenvalue weighted by Gasteiger charge is 2.23. The molecule has 2 aromatic rings. The third-order valence-electron chi connectivity index (χ3n) is 2.66. The maximum absolute atomic E-state index is 13.9. The number of halogens is 3. The third-order valence-corrected chi connectivity index (χ3v) is 5.71. The smallest absolute Gasteiger partial charge is 0.243 e. The van der Waals surface area contributed by atoms with Crippen LogP contribution >= 0.6 is 27.3 Å². The third kappa shape index (κ3) is 3.67. The van der Waals surface area contributed by atoms with E-state index < -0.39 is 38.7 Å². The van der Waals surface area contributed by atoms with Crippen LogP contribution in [-0.4, -0.2) is 13.5 Å². The minimum Gasteiger partial charge on any atom is -0.391 e. The van der Waals surface area contributed by atoms with Crippen LogP contribution in [0.3, 0.4) is 0 Å². The van der Waals surface area contributed by atoms with Gasteiger partial charge in [-0.15, -0.1) is 11.3 Å². The molecule has 1 aromatic carbocycles. The quantitative estimate of drug-likeness (QED) is 0.814. The summed E-state index contributed by atoms with van der Waals surface area (Å²) in [5, 5.41) is 8.90. The molecule has 0 unspecified atom stereocenters. The normalized spacial score (nSPS) is 11.8. The van der Waals surface area contributed by atoms with E-state index in [0.717, 1.165) is 20.8 Å². The summed E-state index contributed by atoms with van der Waals surface area (Å²) in [6.07, 6.45) is 0. The molecule has 0 amide bonds. The molecule has 0 aliphatic rings. The number of hydrogen-bond donors (Lipinski definition) is 2. The molecule has 0 spiro atoms. The average Bonchev–Trinajstić information content (AvgIpc) is 2.83. The van der Waals surface area contributed by atoms with Gasteiger partial charge >= 0.3 is 0 Å². The lowest BCUT2D eigenvalue weighted by atomic mass is 10.2. The number of hydrogen-bond acceptors (Lipinski definition) is 4. The maximum Gasteiger partial charge on any atom is 0.243 e. The monoisotopic (exact) mass is 397 g/mol. The van der Waals surface area contributed by atoms with E-state index in [4.69, 9.17) is 5.11 Å². The van der Waals surface area contributed by atoms with E-state index in [1.165, 1.54) is 11.3 Å². The van der Waals surface area contributed by atoms with E-state index in [1.54, 1.807) is 12.1 Å². The molecule has 0 aliphatic carbocycles. The first-order valence-electron chi connectivity index (χ1n) is 5.67. The van der Waals surface area contributed by atoms with Crippen molar-refractivity contribution < 1.29 is 22.3 Å². The molecule has 1 heterocycles. The first-order chi connectivity index (χ1) is 9.85. The highest BCUT2D eigenvalue weighted by molar-refractivity contribution is 9.11. The summed E-state index contributed by atoms with van der Waals surface area (Å²) in [6.45, 7) is -0.928. The predicted molar refractivity (Wildman–Crippen MR) is 78.3 cm³/mol. The zero-order chi connectivity index (χ0) is 15.6. The van der Waals surface area contributed by atoms with E-state index in [2.05, 4.69) is 20.7 Å². The summed E-state index contributed by atoms with van der Waals surface area (Å²) in [5.41, 5.74) is -0.670. The van der Waals surface area contributed by atoms with Crippen LogP contribution in [0, 0.1) is 11.6 Å². The van der Waals surface area contributed by atoms with E-state index in [1.807, 2.05) is 0 Å². The summed E-state index contributed by atoms with van der Waals surface area (Å²) in [5.74, 6) is -2.27. The molecule has 0 fully saturated rings. The molecule has 0 aliphatic heterocycles. The lowest BCUT2D eigenvalue weighted by Crippen LogP contribution is -2.24. The van der Waals surface area contributed by atoms with Crippen molar-refractivity contribution in [3.05, 3.63) is 50.1 Å². The predicted octanol–water partition coefficient (Wildman–Crippen LogP) is 2.76. The summed E-state index contributed by atoms with van der Waals surface area (Å²) >= 11 is 4.58. The molecule has 0 radical (unpaired) electrons. The Labute approximate surface area is 132 Å². The van der Waals surface area contributed by atoms with Gasteiger partial charge in [0, 0.05) is 11.4 Å². The van der Waals surface area contributed by atoms with Gasteiger partial charge in [0.05, 0.1) is 16.0 Å². The van der Waals surface area contributed by atoms with E-state index in [-0.39, 0.29) is 6.54 Å². The topological polar surface area (TPSA) is 66.4 Å². The number of aliphatic hydroxyl groups is 1. The highest BCUT2D eigenvalue weighted by Crippen LogP contribution is 2.24. The summed E-state index contributed by atoms with van der Waals surface area (Å²) in [4.78, 5) is 0.0407. The van der Waals surface area contributed by atoms with Gasteiger partial charge in [-0.05, 0) is 40.2 Å². The van der Waals surface area contributed by atoms with Crippen molar-refractivity contribution in [3.8, 4) is 0 Å². The van der Waals surface area contributed by atoms with Gasteiger partial charge < -0.3 is 5.11 Å². The van der Waals surface area contributed by atoms with E-state index >= 15 is 0 Å². The Bertz CT molecular complexity index is 762. The van der Waals surface area contributed by atoms with Crippen molar-refractivity contribution in [1.29, 1.82) is 0 Å². The zero-order valence-electron chi connectivity index (χ0n) is 10.4. The van der Waals surface area contributed by atoms with Gasteiger partial charge in [-0.3, -0.25) is 0 Å². The molecule has 21 heavy (non-hydrogen) atoms. The molecular weight excluding hydrogens is 388 g/mol. The Morgan fingerprint density at radius 2 is 1.95 bits per heavy atom. The van der Waals surface area contributed by atoms with Crippen LogP contribution in [0.25, 0.3) is 0 Å². The second-order valence-corrected chi connectivity index (χ2v) is 8.31. The SMILES string of the molecule is O=S(=O)(NCc1ccc(Br)s1)c1ccc(F)c(CO)c1F. The minimum absolute atomic E-state index is 0.0100. The van der Waals surface area contributed by atoms with Crippen LogP contribution in [0.5, 0.6) is 0 Å². The van der Waals surface area contributed by atoms with Crippen LogP contribution in [0.2, 0.25) is 0 Å². The molecule has 1 aromatic heterocycles. The van der Waals surface area contributed by atoms with Gasteiger partial charge in [0.15, 0.2) is 5.82 Å². The Balaban J connectivity index is 2.27. The average molecular weight is 398 g/mol. The van der Waals surface area contributed by atoms with Gasteiger partial charge in [-0.2, -0.15) is 0 Å². The molecule has 2 N–H and O–H groups in total. The Kier molecular flexibility index (Phi) is 5.10. The number of nitrogens with one attached hydrogen (secondary N) is 1. The van der Waals surface area contributed by atoms with Crippen LogP contribution in [0.1, 0.15) is 10.4 Å². The lowest BCUT2D eigenvalue weighted by molar-refractivity contribution is 0.267. The summed E-state index contributed by atoms with van der Waals surface area (Å²) in [6, 6.07) is 5.12. The van der Waals surface area contributed by atoms with Crippen molar-refractivity contribution in [3.63, 3.8) is 0 Å². The Hall–Kier alpha value is -0.870. The molecule has 4 nitrogen and oxygen atoms in total. The zero-order valence-corrected chi connectivity index (χ0v) is 13.7. The minimum atomic E-state index is -4.14. The van der Waals surface area contributed by atoms with Crippen molar-refractivity contribution in [2.45, 2.75) is 18.0 Å². The van der Waals surface area contributed by atoms with Gasteiger partial charge in [0.2, 0.25) is 10.0 Å². The number of rotatable bonds is 5. The molecule has 0 saturated heterocycles. The molecular formula is C12H10BrF2NO3S2. The molecule has 9 heteroatoms. The molecule has 2 rings (SSSR count). The fourth-order valence-corrected chi connectivity index (χ4v) is 4.24. The van der Waals surface area contributed by atoms with E-state index in [0.29, 0.717) is 0 Å². The Morgan fingerprint density at radius 3 is 2.52 bits per heavy atom. The fraction of sp³-hybridized carbons (Fsp3) is 0.167. The molecule has 0 atom stereocenters. The van der Waals surface area contributed by atoms with Gasteiger partial charge in [0.1, 0.15) is 10.7 Å². The first kappa shape index (κ1) is 16.5. The van der Waals surface area contributed by atoms with Crippen LogP contribution in [0.4, 0.5) is 8.78 Å². The van der Waals surface area contributed by atoms with Crippen molar-refractivity contribution in [2.24, 2.45) is 0 Å². The number of sulfonamides is 1. The van der Waals surface area contributed by atoms with Gasteiger partial charge in [0.25, 0.3) is 0 Å². The standard InChI is InChI=1S/C12H10BrF2NO3S2/c13-11-4-1-7(20-11)5-16-21(18,19)10-3-2-9(14)8(6-17)12(10)15/h1-4,16-17H,5-6H2. The van der Waals surface area contributed by atoms with Crippen molar-refractivity contribution in [2.75, 3.05) is 0 Å². The Morgan fingerprint density at radius 1 is 1.24 bits per heavy atom. The first-order valence-corrected chi connectivity index (χ1v) is 8.76. The highest BCUT2D eigenvalue weighted by atomic mass is 79.9. The van der Waals surface area contributed by atoms with Crippen molar-refractivity contribution in [1.82, 2.24) is 4.72 Å². The fourth-order valence-electron chi connectivity index (χ4n) is 1.62. The largest absolute Gasteiger partial charge is 0.391 e. The second kappa shape index (κ2) is 6.49. The molecule has 0 bridgehead atoms. The maximum atomic E-state index is 13.9. The van der Waals surface area contributed by atoms with E-state index in [9.17, 15) is 17.2 Å². The number of thiophene rings is 1. The number of aliphatic hydroxyl groups excluding tert-OH is 1.